The number of aryl methyl sites for hydroxylation is 1. The summed E-state index contributed by atoms with van der Waals surface area (Å²) < 4.78 is 0. The monoisotopic (exact) mass is 262 g/mol. The van der Waals surface area contributed by atoms with Crippen LogP contribution in [0.3, 0.4) is 0 Å². The van der Waals surface area contributed by atoms with Crippen molar-refractivity contribution in [2.75, 3.05) is 25.5 Å². The zero-order valence-corrected chi connectivity index (χ0v) is 13.4. The van der Waals surface area contributed by atoms with Crippen molar-refractivity contribution in [3.05, 3.63) is 29.3 Å². The molecule has 0 spiro atoms. The van der Waals surface area contributed by atoms with Gasteiger partial charge in [0.15, 0.2) is 0 Å². The van der Waals surface area contributed by atoms with Crippen molar-refractivity contribution in [2.45, 2.75) is 40.5 Å². The van der Waals surface area contributed by atoms with E-state index < -0.39 is 0 Å². The smallest absolute Gasteiger partial charge is 0.0372 e. The van der Waals surface area contributed by atoms with Gasteiger partial charge in [-0.15, -0.1) is 0 Å². The van der Waals surface area contributed by atoms with Gasteiger partial charge in [-0.05, 0) is 55.5 Å². The average Bonchev–Trinajstić information content (AvgIpc) is 2.35. The van der Waals surface area contributed by atoms with E-state index in [9.17, 15) is 0 Å². The van der Waals surface area contributed by atoms with Crippen molar-refractivity contribution in [1.29, 1.82) is 0 Å². The Hall–Kier alpha value is -1.02. The number of nitrogens with one attached hydrogen (secondary N) is 2. The van der Waals surface area contributed by atoms with E-state index in [1.54, 1.807) is 0 Å². The summed E-state index contributed by atoms with van der Waals surface area (Å²) in [6, 6.07) is 6.76. The second-order valence-corrected chi connectivity index (χ2v) is 6.17. The third-order valence-electron chi connectivity index (χ3n) is 3.89. The molecule has 1 rings (SSSR count). The molecule has 0 aliphatic heterocycles. The molecule has 19 heavy (non-hydrogen) atoms. The first kappa shape index (κ1) is 16.0. The number of benzene rings is 1. The lowest BCUT2D eigenvalue weighted by Gasteiger charge is -2.22. The van der Waals surface area contributed by atoms with Crippen molar-refractivity contribution in [2.24, 2.45) is 11.8 Å². The lowest BCUT2D eigenvalue weighted by atomic mass is 9.95. The Morgan fingerprint density at radius 1 is 1.05 bits per heavy atom. The van der Waals surface area contributed by atoms with Crippen molar-refractivity contribution in [3.63, 3.8) is 0 Å². The van der Waals surface area contributed by atoms with Crippen LogP contribution in [-0.2, 0) is 0 Å². The summed E-state index contributed by atoms with van der Waals surface area (Å²) in [5.74, 6) is 1.93. The number of hydrogen-bond donors (Lipinski definition) is 2. The highest BCUT2D eigenvalue weighted by atomic mass is 14.9. The van der Waals surface area contributed by atoms with Crippen LogP contribution in [0.25, 0.3) is 0 Å². The van der Waals surface area contributed by atoms with Crippen molar-refractivity contribution < 1.29 is 0 Å². The van der Waals surface area contributed by atoms with E-state index in [2.05, 4.69) is 63.5 Å². The van der Waals surface area contributed by atoms with E-state index in [4.69, 9.17) is 0 Å². The predicted octanol–water partition coefficient (Wildman–Crippen LogP) is 4.02. The molecule has 0 fully saturated rings. The van der Waals surface area contributed by atoms with Gasteiger partial charge in [0.2, 0.25) is 0 Å². The normalized spacial score (nSPS) is 13.1. The highest BCUT2D eigenvalue weighted by Gasteiger charge is 2.13. The minimum absolute atomic E-state index is 0.583. The van der Waals surface area contributed by atoms with Gasteiger partial charge in [0.25, 0.3) is 0 Å². The molecule has 1 aromatic carbocycles. The lowest BCUT2D eigenvalue weighted by Crippen LogP contribution is -2.29. The van der Waals surface area contributed by atoms with E-state index in [1.165, 1.54) is 16.8 Å². The molecule has 1 aromatic rings. The summed E-state index contributed by atoms with van der Waals surface area (Å²) in [6.07, 6.45) is 0. The maximum atomic E-state index is 3.63. The Kier molecular flexibility index (Phi) is 6.36. The topological polar surface area (TPSA) is 24.1 Å². The molecule has 0 saturated carbocycles. The fourth-order valence-corrected chi connectivity index (χ4v) is 2.24. The Morgan fingerprint density at radius 2 is 1.74 bits per heavy atom. The van der Waals surface area contributed by atoms with Crippen LogP contribution < -0.4 is 10.6 Å². The van der Waals surface area contributed by atoms with E-state index in [0.29, 0.717) is 17.8 Å². The van der Waals surface area contributed by atoms with Crippen molar-refractivity contribution in [1.82, 2.24) is 5.32 Å². The molecule has 0 radical (unpaired) electrons. The molecular weight excluding hydrogens is 232 g/mol. The van der Waals surface area contributed by atoms with Gasteiger partial charge in [0.05, 0.1) is 0 Å². The minimum Gasteiger partial charge on any atom is -0.384 e. The highest BCUT2D eigenvalue weighted by Crippen LogP contribution is 2.23. The summed E-state index contributed by atoms with van der Waals surface area (Å²) in [5.41, 5.74) is 4.02. The van der Waals surface area contributed by atoms with Crippen LogP contribution in [0.4, 0.5) is 5.69 Å². The van der Waals surface area contributed by atoms with Crippen LogP contribution >= 0.6 is 0 Å². The Labute approximate surface area is 119 Å². The first-order valence-electron chi connectivity index (χ1n) is 7.44. The van der Waals surface area contributed by atoms with E-state index in [1.807, 2.05) is 7.05 Å². The zero-order chi connectivity index (χ0) is 14.4. The molecule has 0 bridgehead atoms. The zero-order valence-electron chi connectivity index (χ0n) is 13.4. The van der Waals surface area contributed by atoms with Crippen LogP contribution in [0.15, 0.2) is 18.2 Å². The average molecular weight is 262 g/mol. The van der Waals surface area contributed by atoms with Crippen LogP contribution in [0, 0.1) is 18.8 Å². The summed E-state index contributed by atoms with van der Waals surface area (Å²) in [5, 5.41) is 6.92. The second kappa shape index (κ2) is 7.54. The summed E-state index contributed by atoms with van der Waals surface area (Å²) in [7, 11) is 2.03. The van der Waals surface area contributed by atoms with Gasteiger partial charge in [-0.1, -0.05) is 39.8 Å². The molecule has 0 saturated heterocycles. The van der Waals surface area contributed by atoms with Crippen molar-refractivity contribution >= 4 is 5.69 Å². The molecule has 1 unspecified atom stereocenters. The molecule has 1 atom stereocenters. The molecule has 2 heteroatoms. The maximum Gasteiger partial charge on any atom is 0.0372 e. The largest absolute Gasteiger partial charge is 0.384 e. The molecule has 0 amide bonds. The second-order valence-electron chi connectivity index (χ2n) is 6.17. The fraction of sp³-hybridized carbons (Fsp3) is 0.647. The van der Waals surface area contributed by atoms with Gasteiger partial charge in [0.1, 0.15) is 0 Å². The summed E-state index contributed by atoms with van der Waals surface area (Å²) in [4.78, 5) is 0. The van der Waals surface area contributed by atoms with E-state index in [0.717, 1.165) is 13.1 Å². The SMILES string of the molecule is CNCC(CNc1cc(C(C)C)ccc1C)C(C)C. The molecule has 108 valence electrons. The van der Waals surface area contributed by atoms with Gasteiger partial charge in [-0.2, -0.15) is 0 Å². The Morgan fingerprint density at radius 3 is 2.26 bits per heavy atom. The molecule has 0 aromatic heterocycles. The third-order valence-corrected chi connectivity index (χ3v) is 3.89. The first-order valence-corrected chi connectivity index (χ1v) is 7.44. The van der Waals surface area contributed by atoms with Gasteiger partial charge >= 0.3 is 0 Å². The summed E-state index contributed by atoms with van der Waals surface area (Å²) >= 11 is 0. The number of anilines is 1. The maximum absolute atomic E-state index is 3.63. The van der Waals surface area contributed by atoms with Crippen LogP contribution in [0.2, 0.25) is 0 Å². The molecular formula is C17H30N2. The highest BCUT2D eigenvalue weighted by molar-refractivity contribution is 5.53. The molecule has 0 heterocycles. The van der Waals surface area contributed by atoms with Gasteiger partial charge in [-0.25, -0.2) is 0 Å². The molecule has 2 N–H and O–H groups in total. The molecule has 0 aliphatic rings. The fourth-order valence-electron chi connectivity index (χ4n) is 2.24. The standard InChI is InChI=1S/C17H30N2/c1-12(2)15-8-7-14(5)17(9-15)19-11-16(10-18-6)13(3)4/h7-9,12-13,16,18-19H,10-11H2,1-6H3. The van der Waals surface area contributed by atoms with Crippen LogP contribution in [0.1, 0.15) is 44.7 Å². The van der Waals surface area contributed by atoms with Gasteiger partial charge in [0, 0.05) is 12.2 Å². The third kappa shape index (κ3) is 4.87. The number of hydrogen-bond acceptors (Lipinski definition) is 2. The van der Waals surface area contributed by atoms with Gasteiger partial charge in [-0.3, -0.25) is 0 Å². The van der Waals surface area contributed by atoms with Crippen LogP contribution in [0.5, 0.6) is 0 Å². The molecule has 0 aliphatic carbocycles. The Balaban J connectivity index is 2.72. The van der Waals surface area contributed by atoms with Crippen molar-refractivity contribution in [3.8, 4) is 0 Å². The minimum atomic E-state index is 0.583. The van der Waals surface area contributed by atoms with E-state index in [-0.39, 0.29) is 0 Å². The van der Waals surface area contributed by atoms with Crippen LogP contribution in [-0.4, -0.2) is 20.1 Å². The Bertz CT molecular complexity index is 383. The quantitative estimate of drug-likeness (QED) is 0.775. The van der Waals surface area contributed by atoms with E-state index >= 15 is 0 Å². The summed E-state index contributed by atoms with van der Waals surface area (Å²) in [6.45, 7) is 13.3. The predicted molar refractivity (Wildman–Crippen MR) is 86.0 cm³/mol. The first-order chi connectivity index (χ1) is 8.95. The number of rotatable bonds is 7. The van der Waals surface area contributed by atoms with Gasteiger partial charge < -0.3 is 10.6 Å². The lowest BCUT2D eigenvalue weighted by molar-refractivity contribution is 0.390. The molecule has 2 nitrogen and oxygen atoms in total.